The zero-order valence-electron chi connectivity index (χ0n) is 17.0. The Kier molecular flexibility index (Phi) is 5.74. The maximum absolute atomic E-state index is 12.9. The molecular weight excluding hydrogens is 384 g/mol. The second kappa shape index (κ2) is 8.61. The molecule has 2 fully saturated rings. The van der Waals surface area contributed by atoms with Gasteiger partial charge in [0.2, 0.25) is 5.91 Å². The molecule has 4 amide bonds. The lowest BCUT2D eigenvalue weighted by Crippen LogP contribution is -2.43. The van der Waals surface area contributed by atoms with Crippen molar-refractivity contribution >= 4 is 23.5 Å². The van der Waals surface area contributed by atoms with Crippen LogP contribution in [-0.4, -0.2) is 48.9 Å². The van der Waals surface area contributed by atoms with Gasteiger partial charge in [0.1, 0.15) is 5.76 Å². The average Bonchev–Trinajstić information content (AvgIpc) is 3.43. The standard InChI is InChI=1S/C22H26N4O4/c1-15-13-17(4-5-19(15)26-11-8-23-22(26)29)21(28)25-9-6-16(7-10-25)20(27)24-14-18-3-2-12-30-18/h2-5,12-13,16H,6-11,14H2,1H3,(H,23,29)(H,24,27). The van der Waals surface area contributed by atoms with Crippen LogP contribution in [0.3, 0.4) is 0 Å². The van der Waals surface area contributed by atoms with Crippen LogP contribution in [0.5, 0.6) is 0 Å². The van der Waals surface area contributed by atoms with Gasteiger partial charge in [-0.15, -0.1) is 0 Å². The molecule has 0 atom stereocenters. The number of nitrogens with zero attached hydrogens (tertiary/aromatic N) is 2. The second-order valence-electron chi connectivity index (χ2n) is 7.75. The predicted octanol–water partition coefficient (Wildman–Crippen LogP) is 2.29. The maximum Gasteiger partial charge on any atom is 0.322 e. The van der Waals surface area contributed by atoms with Crippen LogP contribution >= 0.6 is 0 Å². The highest BCUT2D eigenvalue weighted by Crippen LogP contribution is 2.25. The van der Waals surface area contributed by atoms with E-state index in [-0.39, 0.29) is 23.8 Å². The van der Waals surface area contributed by atoms with E-state index in [9.17, 15) is 14.4 Å². The van der Waals surface area contributed by atoms with Crippen LogP contribution in [0.2, 0.25) is 0 Å². The highest BCUT2D eigenvalue weighted by atomic mass is 16.3. The van der Waals surface area contributed by atoms with E-state index in [2.05, 4.69) is 10.6 Å². The minimum atomic E-state index is -0.107. The van der Waals surface area contributed by atoms with Crippen molar-refractivity contribution in [2.45, 2.75) is 26.3 Å². The Labute approximate surface area is 175 Å². The maximum atomic E-state index is 12.9. The fourth-order valence-corrected chi connectivity index (χ4v) is 4.05. The first-order valence-electron chi connectivity index (χ1n) is 10.3. The van der Waals surface area contributed by atoms with Gasteiger partial charge < -0.3 is 20.0 Å². The molecule has 2 aromatic rings. The van der Waals surface area contributed by atoms with Gasteiger partial charge >= 0.3 is 6.03 Å². The molecule has 4 rings (SSSR count). The van der Waals surface area contributed by atoms with Crippen LogP contribution in [0, 0.1) is 12.8 Å². The number of carbonyl (C=O) groups excluding carboxylic acids is 3. The zero-order valence-corrected chi connectivity index (χ0v) is 17.0. The van der Waals surface area contributed by atoms with Crippen LogP contribution < -0.4 is 15.5 Å². The fraction of sp³-hybridized carbons (Fsp3) is 0.409. The highest BCUT2D eigenvalue weighted by Gasteiger charge is 2.28. The summed E-state index contributed by atoms with van der Waals surface area (Å²) in [5, 5.41) is 5.69. The first-order valence-corrected chi connectivity index (χ1v) is 10.3. The molecule has 2 aliphatic heterocycles. The molecule has 0 spiro atoms. The van der Waals surface area contributed by atoms with E-state index >= 15 is 0 Å². The second-order valence-corrected chi connectivity index (χ2v) is 7.75. The molecule has 158 valence electrons. The van der Waals surface area contributed by atoms with Crippen molar-refractivity contribution in [2.75, 3.05) is 31.1 Å². The van der Waals surface area contributed by atoms with Gasteiger partial charge in [-0.25, -0.2) is 4.79 Å². The van der Waals surface area contributed by atoms with Crippen molar-refractivity contribution in [1.82, 2.24) is 15.5 Å². The van der Waals surface area contributed by atoms with Crippen LogP contribution in [-0.2, 0) is 11.3 Å². The van der Waals surface area contributed by atoms with Gasteiger partial charge in [0.05, 0.1) is 12.8 Å². The lowest BCUT2D eigenvalue weighted by Gasteiger charge is -2.31. The summed E-state index contributed by atoms with van der Waals surface area (Å²) in [6.07, 6.45) is 2.86. The molecule has 1 aromatic heterocycles. The van der Waals surface area contributed by atoms with Gasteiger partial charge in [-0.1, -0.05) is 0 Å². The number of rotatable bonds is 5. The summed E-state index contributed by atoms with van der Waals surface area (Å²) in [6, 6.07) is 8.96. The van der Waals surface area contributed by atoms with Crippen molar-refractivity contribution in [3.63, 3.8) is 0 Å². The van der Waals surface area contributed by atoms with Crippen LogP contribution in [0.1, 0.15) is 34.5 Å². The molecule has 3 heterocycles. The van der Waals surface area contributed by atoms with Crippen LogP contribution in [0.25, 0.3) is 0 Å². The zero-order chi connectivity index (χ0) is 21.1. The van der Waals surface area contributed by atoms with Crippen LogP contribution in [0.4, 0.5) is 10.5 Å². The number of piperidine rings is 1. The molecule has 2 aliphatic rings. The van der Waals surface area contributed by atoms with Gasteiger partial charge in [-0.05, 0) is 55.7 Å². The summed E-state index contributed by atoms with van der Waals surface area (Å²) in [7, 11) is 0. The Morgan fingerprint density at radius 1 is 1.20 bits per heavy atom. The third-order valence-electron chi connectivity index (χ3n) is 5.76. The third-order valence-corrected chi connectivity index (χ3v) is 5.76. The topological polar surface area (TPSA) is 94.9 Å². The van der Waals surface area contributed by atoms with Crippen molar-refractivity contribution in [2.24, 2.45) is 5.92 Å². The molecule has 0 unspecified atom stereocenters. The average molecular weight is 410 g/mol. The number of hydrogen-bond donors (Lipinski definition) is 2. The number of hydrogen-bond acceptors (Lipinski definition) is 4. The molecule has 0 bridgehead atoms. The monoisotopic (exact) mass is 410 g/mol. The fourth-order valence-electron chi connectivity index (χ4n) is 4.05. The largest absolute Gasteiger partial charge is 0.467 e. The molecule has 0 radical (unpaired) electrons. The molecule has 30 heavy (non-hydrogen) atoms. The molecule has 1 aromatic carbocycles. The Balaban J connectivity index is 1.32. The number of anilines is 1. The Morgan fingerprint density at radius 3 is 2.63 bits per heavy atom. The summed E-state index contributed by atoms with van der Waals surface area (Å²) < 4.78 is 5.23. The van der Waals surface area contributed by atoms with E-state index in [0.29, 0.717) is 51.1 Å². The minimum Gasteiger partial charge on any atom is -0.467 e. The van der Waals surface area contributed by atoms with Gasteiger partial charge in [0, 0.05) is 43.3 Å². The molecular formula is C22H26N4O4. The highest BCUT2D eigenvalue weighted by molar-refractivity contribution is 5.98. The number of aryl methyl sites for hydroxylation is 1. The molecule has 8 heteroatoms. The first kappa shape index (κ1) is 20.0. The lowest BCUT2D eigenvalue weighted by molar-refractivity contribution is -0.126. The van der Waals surface area contributed by atoms with E-state index in [0.717, 1.165) is 17.0 Å². The summed E-state index contributed by atoms with van der Waals surface area (Å²) >= 11 is 0. The smallest absolute Gasteiger partial charge is 0.322 e. The lowest BCUT2D eigenvalue weighted by atomic mass is 9.95. The summed E-state index contributed by atoms with van der Waals surface area (Å²) in [5.41, 5.74) is 2.33. The van der Waals surface area contributed by atoms with Crippen molar-refractivity contribution < 1.29 is 18.8 Å². The Hall–Kier alpha value is -3.29. The van der Waals surface area contributed by atoms with Gasteiger partial charge in [0.15, 0.2) is 0 Å². The van der Waals surface area contributed by atoms with E-state index < -0.39 is 0 Å². The van der Waals surface area contributed by atoms with E-state index in [1.807, 2.05) is 25.1 Å². The van der Waals surface area contributed by atoms with E-state index in [1.165, 1.54) is 0 Å². The quantitative estimate of drug-likeness (QED) is 0.791. The number of carbonyl (C=O) groups is 3. The molecule has 0 saturated carbocycles. The number of likely N-dealkylation sites (tertiary alicyclic amines) is 1. The number of furan rings is 1. The van der Waals surface area contributed by atoms with Gasteiger partial charge in [-0.3, -0.25) is 14.5 Å². The summed E-state index contributed by atoms with van der Waals surface area (Å²) in [5.74, 6) is 0.593. The number of urea groups is 1. The van der Waals surface area contributed by atoms with Crippen molar-refractivity contribution in [1.29, 1.82) is 0 Å². The van der Waals surface area contributed by atoms with Crippen LogP contribution in [0.15, 0.2) is 41.0 Å². The Bertz CT molecular complexity index is 933. The predicted molar refractivity (Wildman–Crippen MR) is 111 cm³/mol. The number of benzene rings is 1. The SMILES string of the molecule is Cc1cc(C(=O)N2CCC(C(=O)NCc3ccco3)CC2)ccc1N1CCNC1=O. The van der Waals surface area contributed by atoms with Crippen molar-refractivity contribution in [3.8, 4) is 0 Å². The normalized spacial score (nSPS) is 17.2. The first-order chi connectivity index (χ1) is 14.5. The molecule has 2 N–H and O–H groups in total. The molecule has 0 aliphatic carbocycles. The molecule has 8 nitrogen and oxygen atoms in total. The minimum absolute atomic E-state index is 0.00239. The third kappa shape index (κ3) is 4.17. The van der Waals surface area contributed by atoms with Crippen molar-refractivity contribution in [3.05, 3.63) is 53.5 Å². The number of nitrogens with one attached hydrogen (secondary N) is 2. The Morgan fingerprint density at radius 2 is 2.00 bits per heavy atom. The van der Waals surface area contributed by atoms with E-state index in [4.69, 9.17) is 4.42 Å². The van der Waals surface area contributed by atoms with Gasteiger partial charge in [0.25, 0.3) is 5.91 Å². The summed E-state index contributed by atoms with van der Waals surface area (Å²) in [4.78, 5) is 40.7. The summed E-state index contributed by atoms with van der Waals surface area (Å²) in [6.45, 7) is 4.64. The van der Waals surface area contributed by atoms with Gasteiger partial charge in [-0.2, -0.15) is 0 Å². The number of amides is 4. The molecule has 2 saturated heterocycles. The van der Waals surface area contributed by atoms with E-state index in [1.54, 1.807) is 28.2 Å².